The van der Waals surface area contributed by atoms with Crippen molar-refractivity contribution in [1.82, 2.24) is 10.1 Å². The van der Waals surface area contributed by atoms with Crippen LogP contribution in [0.15, 0.2) is 10.6 Å². The summed E-state index contributed by atoms with van der Waals surface area (Å²) in [5, 5.41) is 6.22. The summed E-state index contributed by atoms with van der Waals surface area (Å²) < 4.78 is 4.83. The van der Waals surface area contributed by atoms with Crippen LogP contribution < -0.4 is 5.32 Å². The van der Waals surface area contributed by atoms with Crippen LogP contribution in [-0.4, -0.2) is 35.5 Å². The minimum absolute atomic E-state index is 0.00901. The minimum atomic E-state index is -0.289. The van der Waals surface area contributed by atoms with E-state index in [1.807, 2.05) is 13.8 Å². The smallest absolute Gasteiger partial charge is 0.245 e. The molecule has 18 heavy (non-hydrogen) atoms. The van der Waals surface area contributed by atoms with Crippen LogP contribution in [0, 0.1) is 12.8 Å². The van der Waals surface area contributed by atoms with E-state index in [2.05, 4.69) is 10.5 Å². The Bertz CT molecular complexity index is 428. The van der Waals surface area contributed by atoms with Gasteiger partial charge in [-0.25, -0.2) is 0 Å². The lowest BCUT2D eigenvalue weighted by Crippen LogP contribution is -2.37. The third-order valence-corrected chi connectivity index (χ3v) is 2.69. The zero-order valence-electron chi connectivity index (χ0n) is 11.2. The lowest BCUT2D eigenvalue weighted by Gasteiger charge is -2.19. The van der Waals surface area contributed by atoms with Crippen molar-refractivity contribution in [2.75, 3.05) is 18.9 Å². The van der Waals surface area contributed by atoms with E-state index < -0.39 is 0 Å². The van der Waals surface area contributed by atoms with Crippen molar-refractivity contribution in [2.24, 2.45) is 5.92 Å². The SMILES string of the molecule is CCC(C)C(=O)N(C)CC(=O)Nc1cc(C)on1. The summed E-state index contributed by atoms with van der Waals surface area (Å²) in [5.41, 5.74) is 0. The molecule has 0 aliphatic rings. The molecule has 100 valence electrons. The lowest BCUT2D eigenvalue weighted by atomic mass is 10.1. The highest BCUT2D eigenvalue weighted by molar-refractivity contribution is 5.93. The Morgan fingerprint density at radius 2 is 2.22 bits per heavy atom. The van der Waals surface area contributed by atoms with Crippen LogP contribution in [0.5, 0.6) is 0 Å². The molecule has 0 radical (unpaired) electrons. The number of rotatable bonds is 5. The first kappa shape index (κ1) is 14.2. The number of aryl methyl sites for hydroxylation is 1. The van der Waals surface area contributed by atoms with Gasteiger partial charge in [0.15, 0.2) is 5.82 Å². The number of likely N-dealkylation sites (N-methyl/N-ethyl adjacent to an activating group) is 1. The van der Waals surface area contributed by atoms with Crippen LogP contribution in [-0.2, 0) is 9.59 Å². The van der Waals surface area contributed by atoms with E-state index in [4.69, 9.17) is 4.52 Å². The average molecular weight is 253 g/mol. The minimum Gasteiger partial charge on any atom is -0.360 e. The molecule has 1 atom stereocenters. The first-order valence-electron chi connectivity index (χ1n) is 5.92. The Morgan fingerprint density at radius 1 is 1.56 bits per heavy atom. The van der Waals surface area contributed by atoms with Crippen molar-refractivity contribution in [3.05, 3.63) is 11.8 Å². The van der Waals surface area contributed by atoms with Gasteiger partial charge in [-0.15, -0.1) is 0 Å². The molecule has 6 nitrogen and oxygen atoms in total. The molecular formula is C12H19N3O3. The van der Waals surface area contributed by atoms with Gasteiger partial charge in [0.2, 0.25) is 11.8 Å². The summed E-state index contributed by atoms with van der Waals surface area (Å²) in [6.07, 6.45) is 0.757. The second-order valence-electron chi connectivity index (χ2n) is 4.37. The predicted molar refractivity (Wildman–Crippen MR) is 67.0 cm³/mol. The summed E-state index contributed by atoms with van der Waals surface area (Å²) >= 11 is 0. The number of anilines is 1. The van der Waals surface area contributed by atoms with Crippen LogP contribution in [0.3, 0.4) is 0 Å². The molecule has 1 aromatic rings. The highest BCUT2D eigenvalue weighted by Gasteiger charge is 2.18. The van der Waals surface area contributed by atoms with Crippen molar-refractivity contribution in [1.29, 1.82) is 0 Å². The highest BCUT2D eigenvalue weighted by Crippen LogP contribution is 2.08. The van der Waals surface area contributed by atoms with Crippen LogP contribution in [0.25, 0.3) is 0 Å². The molecule has 0 fully saturated rings. The third kappa shape index (κ3) is 3.87. The molecule has 0 aromatic carbocycles. The monoisotopic (exact) mass is 253 g/mol. The summed E-state index contributed by atoms with van der Waals surface area (Å²) in [7, 11) is 1.61. The van der Waals surface area contributed by atoms with Crippen molar-refractivity contribution in [3.63, 3.8) is 0 Å². The largest absolute Gasteiger partial charge is 0.360 e. The molecule has 6 heteroatoms. The topological polar surface area (TPSA) is 75.4 Å². The fraction of sp³-hybridized carbons (Fsp3) is 0.583. The molecule has 1 rings (SSSR count). The number of hydrogen-bond acceptors (Lipinski definition) is 4. The molecule has 1 N–H and O–H groups in total. The number of carbonyl (C=O) groups is 2. The normalized spacial score (nSPS) is 12.0. The molecule has 0 spiro atoms. The molecule has 0 aliphatic carbocycles. The molecule has 0 saturated heterocycles. The number of nitrogens with one attached hydrogen (secondary N) is 1. The third-order valence-electron chi connectivity index (χ3n) is 2.69. The summed E-state index contributed by atoms with van der Waals surface area (Å²) in [4.78, 5) is 24.9. The van der Waals surface area contributed by atoms with Gasteiger partial charge in [-0.3, -0.25) is 9.59 Å². The van der Waals surface area contributed by atoms with Gasteiger partial charge < -0.3 is 14.7 Å². The van der Waals surface area contributed by atoms with Gasteiger partial charge in [0, 0.05) is 19.0 Å². The Kier molecular flexibility index (Phi) is 4.88. The Hall–Kier alpha value is -1.85. The second-order valence-corrected chi connectivity index (χ2v) is 4.37. The van der Waals surface area contributed by atoms with Crippen LogP contribution >= 0.6 is 0 Å². The maximum atomic E-state index is 11.8. The molecular weight excluding hydrogens is 234 g/mol. The summed E-state index contributed by atoms with van der Waals surface area (Å²) in [6.45, 7) is 5.53. The second kappa shape index (κ2) is 6.18. The fourth-order valence-electron chi connectivity index (χ4n) is 1.45. The van der Waals surface area contributed by atoms with Crippen molar-refractivity contribution >= 4 is 17.6 Å². The standard InChI is InChI=1S/C12H19N3O3/c1-5-8(2)12(17)15(4)7-11(16)13-10-6-9(3)18-14-10/h6,8H,5,7H2,1-4H3,(H,13,14,16). The number of nitrogens with zero attached hydrogens (tertiary/aromatic N) is 2. The van der Waals surface area contributed by atoms with Crippen LogP contribution in [0.4, 0.5) is 5.82 Å². The number of carbonyl (C=O) groups excluding carboxylic acids is 2. The van der Waals surface area contributed by atoms with E-state index in [0.29, 0.717) is 11.6 Å². The predicted octanol–water partition coefficient (Wildman–Crippen LogP) is 1.43. The maximum absolute atomic E-state index is 11.8. The van der Waals surface area contributed by atoms with E-state index in [1.54, 1.807) is 20.0 Å². The van der Waals surface area contributed by atoms with E-state index in [9.17, 15) is 9.59 Å². The first-order chi connectivity index (χ1) is 8.43. The maximum Gasteiger partial charge on any atom is 0.245 e. The molecule has 0 bridgehead atoms. The lowest BCUT2D eigenvalue weighted by molar-refractivity contribution is -0.136. The first-order valence-corrected chi connectivity index (χ1v) is 5.92. The van der Waals surface area contributed by atoms with E-state index in [1.165, 1.54) is 4.90 Å². The molecule has 1 heterocycles. The van der Waals surface area contributed by atoms with Gasteiger partial charge in [-0.2, -0.15) is 0 Å². The van der Waals surface area contributed by atoms with Crippen molar-refractivity contribution in [3.8, 4) is 0 Å². The zero-order chi connectivity index (χ0) is 13.7. The zero-order valence-corrected chi connectivity index (χ0v) is 11.2. The van der Waals surface area contributed by atoms with Gasteiger partial charge in [0.1, 0.15) is 5.76 Å². The van der Waals surface area contributed by atoms with E-state index in [-0.39, 0.29) is 24.3 Å². The fourth-order valence-corrected chi connectivity index (χ4v) is 1.45. The van der Waals surface area contributed by atoms with Gasteiger partial charge in [-0.1, -0.05) is 19.0 Å². The molecule has 1 unspecified atom stereocenters. The van der Waals surface area contributed by atoms with Crippen molar-refractivity contribution < 1.29 is 14.1 Å². The van der Waals surface area contributed by atoms with E-state index in [0.717, 1.165) is 6.42 Å². The molecule has 2 amide bonds. The van der Waals surface area contributed by atoms with Crippen molar-refractivity contribution in [2.45, 2.75) is 27.2 Å². The van der Waals surface area contributed by atoms with Crippen LogP contribution in [0.2, 0.25) is 0 Å². The van der Waals surface area contributed by atoms with Gasteiger partial charge in [0.05, 0.1) is 6.54 Å². The number of amides is 2. The summed E-state index contributed by atoms with van der Waals surface area (Å²) in [6, 6.07) is 1.62. The van der Waals surface area contributed by atoms with E-state index >= 15 is 0 Å². The number of hydrogen-bond donors (Lipinski definition) is 1. The number of aromatic nitrogens is 1. The molecule has 0 saturated carbocycles. The Labute approximate surface area is 106 Å². The average Bonchev–Trinajstić information content (AvgIpc) is 2.72. The molecule has 0 aliphatic heterocycles. The van der Waals surface area contributed by atoms with Crippen LogP contribution in [0.1, 0.15) is 26.0 Å². The van der Waals surface area contributed by atoms with Gasteiger partial charge >= 0.3 is 0 Å². The van der Waals surface area contributed by atoms with Gasteiger partial charge in [-0.05, 0) is 13.3 Å². The highest BCUT2D eigenvalue weighted by atomic mass is 16.5. The summed E-state index contributed by atoms with van der Waals surface area (Å²) in [5.74, 6) is 0.583. The molecule has 1 aromatic heterocycles. The van der Waals surface area contributed by atoms with Gasteiger partial charge in [0.25, 0.3) is 0 Å². The quantitative estimate of drug-likeness (QED) is 0.861. The Balaban J connectivity index is 2.47. The Morgan fingerprint density at radius 3 is 2.72 bits per heavy atom.